The monoisotopic (exact) mass is 407 g/mol. The van der Waals surface area contributed by atoms with Gasteiger partial charge in [-0.1, -0.05) is 35.0 Å². The largest absolute Gasteiger partial charge is 0.618 e. The Labute approximate surface area is 175 Å². The van der Waals surface area contributed by atoms with Crippen LogP contribution in [0, 0.1) is 12.1 Å². The molecule has 30 heavy (non-hydrogen) atoms. The van der Waals surface area contributed by atoms with Gasteiger partial charge >= 0.3 is 5.91 Å². The molecule has 0 aliphatic carbocycles. The third kappa shape index (κ3) is 4.65. The van der Waals surface area contributed by atoms with Crippen molar-refractivity contribution < 1.29 is 14.0 Å². The lowest BCUT2D eigenvalue weighted by atomic mass is 10.1. The van der Waals surface area contributed by atoms with Crippen LogP contribution in [0.5, 0.6) is 0 Å². The molecule has 8 heteroatoms. The van der Waals surface area contributed by atoms with E-state index >= 15 is 0 Å². The first kappa shape index (κ1) is 20.0. The van der Waals surface area contributed by atoms with Gasteiger partial charge < -0.3 is 14.6 Å². The predicted octanol–water partition coefficient (Wildman–Crippen LogP) is 2.07. The summed E-state index contributed by atoms with van der Waals surface area (Å²) in [5.74, 6) is 1.05. The molecule has 0 saturated carbocycles. The van der Waals surface area contributed by atoms with Crippen LogP contribution in [0.15, 0.2) is 53.2 Å². The van der Waals surface area contributed by atoms with E-state index in [4.69, 9.17) is 4.52 Å². The topological polar surface area (TPSA) is 89.4 Å². The number of benzene rings is 1. The van der Waals surface area contributed by atoms with Crippen LogP contribution in [0.2, 0.25) is 0 Å². The van der Waals surface area contributed by atoms with Gasteiger partial charge in [0, 0.05) is 50.3 Å². The van der Waals surface area contributed by atoms with E-state index in [1.54, 1.807) is 23.1 Å². The summed E-state index contributed by atoms with van der Waals surface area (Å²) in [5.41, 5.74) is 2.32. The van der Waals surface area contributed by atoms with Gasteiger partial charge in [-0.2, -0.15) is 9.71 Å². The van der Waals surface area contributed by atoms with Crippen LogP contribution in [-0.4, -0.2) is 58.6 Å². The lowest BCUT2D eigenvalue weighted by Gasteiger charge is -2.34. The molecule has 0 bridgehead atoms. The molecule has 1 fully saturated rings. The van der Waals surface area contributed by atoms with Crippen LogP contribution in [0.1, 0.15) is 28.4 Å². The molecule has 1 saturated heterocycles. The minimum absolute atomic E-state index is 0.173. The van der Waals surface area contributed by atoms with Gasteiger partial charge in [-0.15, -0.1) is 0 Å². The maximum atomic E-state index is 12.5. The fraction of sp³-hybridized carbons (Fsp3) is 0.364. The first-order valence-electron chi connectivity index (χ1n) is 10.2. The van der Waals surface area contributed by atoms with E-state index in [-0.39, 0.29) is 11.6 Å². The van der Waals surface area contributed by atoms with Gasteiger partial charge in [0.2, 0.25) is 11.7 Å². The van der Waals surface area contributed by atoms with Crippen molar-refractivity contribution in [1.82, 2.24) is 19.9 Å². The number of hydrogen-bond donors (Lipinski definition) is 0. The normalized spacial score (nSPS) is 14.8. The highest BCUT2D eigenvalue weighted by Gasteiger charge is 2.26. The summed E-state index contributed by atoms with van der Waals surface area (Å²) in [6.07, 6.45) is 2.98. The summed E-state index contributed by atoms with van der Waals surface area (Å²) in [5, 5.41) is 15.9. The summed E-state index contributed by atoms with van der Waals surface area (Å²) in [6.45, 7) is 5.75. The molecule has 2 aromatic heterocycles. The van der Waals surface area contributed by atoms with Gasteiger partial charge in [-0.25, -0.2) is 0 Å². The van der Waals surface area contributed by atoms with Gasteiger partial charge in [-0.3, -0.25) is 9.69 Å². The average molecular weight is 407 g/mol. The second kappa shape index (κ2) is 9.04. The number of aromatic nitrogens is 3. The number of amides is 1. The summed E-state index contributed by atoms with van der Waals surface area (Å²) in [7, 11) is 0. The molecule has 1 aliphatic heterocycles. The Morgan fingerprint density at radius 1 is 1.13 bits per heavy atom. The molecule has 1 aliphatic rings. The third-order valence-corrected chi connectivity index (χ3v) is 5.35. The lowest BCUT2D eigenvalue weighted by molar-refractivity contribution is -0.608. The molecule has 3 aromatic rings. The highest BCUT2D eigenvalue weighted by Crippen LogP contribution is 2.17. The van der Waals surface area contributed by atoms with Gasteiger partial charge in [0.1, 0.15) is 0 Å². The number of hydrogen-bond acceptors (Lipinski definition) is 6. The van der Waals surface area contributed by atoms with Crippen molar-refractivity contribution in [2.75, 3.05) is 32.7 Å². The van der Waals surface area contributed by atoms with Crippen LogP contribution in [0.4, 0.5) is 0 Å². The van der Waals surface area contributed by atoms with Crippen LogP contribution in [-0.2, 0) is 6.42 Å². The van der Waals surface area contributed by atoms with E-state index in [1.165, 1.54) is 11.8 Å². The Kier molecular flexibility index (Phi) is 6.04. The number of carbonyl (C=O) groups excluding carboxylic acids is 1. The number of rotatable bonds is 6. The van der Waals surface area contributed by atoms with Gasteiger partial charge in [-0.05, 0) is 26.0 Å². The highest BCUT2D eigenvalue weighted by atomic mass is 16.5. The summed E-state index contributed by atoms with van der Waals surface area (Å²) in [4.78, 5) is 21.1. The molecule has 4 rings (SSSR count). The van der Waals surface area contributed by atoms with E-state index in [9.17, 15) is 10.0 Å². The molecule has 3 heterocycles. The summed E-state index contributed by atoms with van der Waals surface area (Å²) in [6, 6.07) is 12.9. The second-order valence-corrected chi connectivity index (χ2v) is 7.53. The van der Waals surface area contributed by atoms with Crippen LogP contribution in [0.25, 0.3) is 11.4 Å². The average Bonchev–Trinajstić information content (AvgIpc) is 3.23. The SMILES string of the molecule is Cc1ccc(-c2noc(CCCN3CCN(C(=O)c4cccc[n+]4[O-])CC3)n2)cc1. The molecule has 0 atom stereocenters. The number of nitrogens with zero attached hydrogens (tertiary/aromatic N) is 5. The molecule has 1 aromatic carbocycles. The van der Waals surface area contributed by atoms with Crippen molar-refractivity contribution in [1.29, 1.82) is 0 Å². The quantitative estimate of drug-likeness (QED) is 0.459. The highest BCUT2D eigenvalue weighted by molar-refractivity contribution is 5.91. The molecule has 156 valence electrons. The first-order valence-corrected chi connectivity index (χ1v) is 10.2. The summed E-state index contributed by atoms with van der Waals surface area (Å²) >= 11 is 0. The second-order valence-electron chi connectivity index (χ2n) is 7.53. The van der Waals surface area contributed by atoms with Gasteiger partial charge in [0.25, 0.3) is 5.69 Å². The Bertz CT molecular complexity index is 994. The molecule has 0 unspecified atom stereocenters. The van der Waals surface area contributed by atoms with E-state index in [2.05, 4.69) is 15.0 Å². The number of pyridine rings is 1. The minimum Gasteiger partial charge on any atom is -0.618 e. The fourth-order valence-corrected chi connectivity index (χ4v) is 3.56. The smallest absolute Gasteiger partial charge is 0.320 e. The van der Waals surface area contributed by atoms with E-state index in [0.717, 1.165) is 38.0 Å². The van der Waals surface area contributed by atoms with Crippen molar-refractivity contribution in [3.8, 4) is 11.4 Å². The Balaban J connectivity index is 1.22. The van der Waals surface area contributed by atoms with Crippen molar-refractivity contribution >= 4 is 5.91 Å². The van der Waals surface area contributed by atoms with Crippen molar-refractivity contribution in [2.45, 2.75) is 19.8 Å². The zero-order valence-corrected chi connectivity index (χ0v) is 17.0. The minimum atomic E-state index is -0.209. The van der Waals surface area contributed by atoms with Crippen molar-refractivity contribution in [3.63, 3.8) is 0 Å². The third-order valence-electron chi connectivity index (χ3n) is 5.35. The van der Waals surface area contributed by atoms with Gasteiger partial charge in [0.15, 0.2) is 6.20 Å². The standard InChI is InChI=1S/C22H25N5O3/c1-17-7-9-18(10-8-17)21-23-20(30-24-21)6-4-11-25-13-15-26(16-14-25)22(28)19-5-2-3-12-27(19)29/h2-3,5,7-10,12H,4,6,11,13-16H2,1H3. The van der Waals surface area contributed by atoms with Crippen molar-refractivity contribution in [3.05, 3.63) is 71.0 Å². The summed E-state index contributed by atoms with van der Waals surface area (Å²) < 4.78 is 6.01. The fourth-order valence-electron chi connectivity index (χ4n) is 3.56. The zero-order chi connectivity index (χ0) is 20.9. The molecule has 0 radical (unpaired) electrons. The molecular formula is C22H25N5O3. The molecule has 1 amide bonds. The van der Waals surface area contributed by atoms with Crippen LogP contribution < -0.4 is 4.73 Å². The molecule has 0 spiro atoms. The number of aryl methyl sites for hydroxylation is 2. The Hall–Kier alpha value is -3.26. The maximum Gasteiger partial charge on any atom is 0.320 e. The van der Waals surface area contributed by atoms with E-state index in [1.807, 2.05) is 31.2 Å². The van der Waals surface area contributed by atoms with Gasteiger partial charge in [0.05, 0.1) is 0 Å². The van der Waals surface area contributed by atoms with Crippen LogP contribution in [0.3, 0.4) is 0 Å². The number of piperazine rings is 1. The maximum absolute atomic E-state index is 12.5. The lowest BCUT2D eigenvalue weighted by Crippen LogP contribution is -2.51. The van der Waals surface area contributed by atoms with Crippen LogP contribution >= 0.6 is 0 Å². The number of carbonyl (C=O) groups is 1. The predicted molar refractivity (Wildman–Crippen MR) is 111 cm³/mol. The van der Waals surface area contributed by atoms with E-state index in [0.29, 0.717) is 29.5 Å². The zero-order valence-electron chi connectivity index (χ0n) is 17.0. The molecular weight excluding hydrogens is 382 g/mol. The Morgan fingerprint density at radius 3 is 2.63 bits per heavy atom. The Morgan fingerprint density at radius 2 is 1.90 bits per heavy atom. The van der Waals surface area contributed by atoms with Crippen molar-refractivity contribution in [2.24, 2.45) is 0 Å². The van der Waals surface area contributed by atoms with E-state index < -0.39 is 0 Å². The molecule has 8 nitrogen and oxygen atoms in total. The first-order chi connectivity index (χ1) is 14.6. The molecule has 0 N–H and O–H groups in total.